The highest BCUT2D eigenvalue weighted by Crippen LogP contribution is 2.08. The van der Waals surface area contributed by atoms with Crippen LogP contribution in [-0.2, 0) is 9.59 Å². The number of nitrogens with one attached hydrogen (secondary N) is 1. The molecule has 0 aromatic rings. The van der Waals surface area contributed by atoms with Crippen molar-refractivity contribution in [1.29, 1.82) is 0 Å². The van der Waals surface area contributed by atoms with Gasteiger partial charge in [0.05, 0.1) is 0 Å². The molecule has 1 unspecified atom stereocenters. The van der Waals surface area contributed by atoms with Crippen LogP contribution in [0.1, 0.15) is 12.8 Å². The number of hydrogen-bond acceptors (Lipinski definition) is 4. The Bertz CT molecular complexity index is 318. The van der Waals surface area contributed by atoms with Crippen LogP contribution < -0.4 is 5.32 Å². The van der Waals surface area contributed by atoms with Gasteiger partial charge in [-0.25, -0.2) is 0 Å². The maximum Gasteiger partial charge on any atom is 0.240 e. The van der Waals surface area contributed by atoms with Crippen molar-refractivity contribution < 1.29 is 9.59 Å². The molecule has 110 valence electrons. The second-order valence-electron chi connectivity index (χ2n) is 5.38. The Morgan fingerprint density at radius 1 is 1.21 bits per heavy atom. The average Bonchev–Trinajstić information content (AvgIpc) is 2.38. The van der Waals surface area contributed by atoms with E-state index in [0.717, 1.165) is 26.1 Å². The smallest absolute Gasteiger partial charge is 0.240 e. The minimum absolute atomic E-state index is 0.0989. The Labute approximate surface area is 115 Å². The highest BCUT2D eigenvalue weighted by atomic mass is 16.2. The number of amides is 2. The van der Waals surface area contributed by atoms with Gasteiger partial charge in [-0.2, -0.15) is 0 Å². The molecule has 0 bridgehead atoms. The monoisotopic (exact) mass is 270 g/mol. The summed E-state index contributed by atoms with van der Waals surface area (Å²) in [5, 5.41) is 3.25. The lowest BCUT2D eigenvalue weighted by molar-refractivity contribution is -0.135. The number of rotatable bonds is 5. The zero-order chi connectivity index (χ0) is 14.4. The van der Waals surface area contributed by atoms with Gasteiger partial charge in [0, 0.05) is 54.2 Å². The molecule has 1 fully saturated rings. The molecule has 1 saturated heterocycles. The number of nitrogens with zero attached hydrogens (tertiary/aromatic N) is 3. The first-order chi connectivity index (χ1) is 8.93. The third kappa shape index (κ3) is 4.80. The van der Waals surface area contributed by atoms with Gasteiger partial charge in [0.15, 0.2) is 0 Å². The number of carbonyl (C=O) groups is 2. The summed E-state index contributed by atoms with van der Waals surface area (Å²) >= 11 is 0. The lowest BCUT2D eigenvalue weighted by Gasteiger charge is -2.36. The molecule has 1 rings (SSSR count). The van der Waals surface area contributed by atoms with Crippen molar-refractivity contribution in [2.75, 3.05) is 54.4 Å². The van der Waals surface area contributed by atoms with E-state index in [1.54, 1.807) is 38.0 Å². The molecule has 1 heterocycles. The lowest BCUT2D eigenvalue weighted by atomic mass is 10.1. The van der Waals surface area contributed by atoms with Crippen molar-refractivity contribution in [2.45, 2.75) is 18.9 Å². The molecular formula is C13H26N4O2. The predicted molar refractivity (Wildman–Crippen MR) is 74.9 cm³/mol. The third-order valence-electron chi connectivity index (χ3n) is 3.41. The van der Waals surface area contributed by atoms with Gasteiger partial charge in [-0.3, -0.25) is 14.5 Å². The van der Waals surface area contributed by atoms with E-state index in [0.29, 0.717) is 13.0 Å². The molecule has 1 aliphatic heterocycles. The maximum absolute atomic E-state index is 12.1. The summed E-state index contributed by atoms with van der Waals surface area (Å²) in [6.07, 6.45) is 1.34. The third-order valence-corrected chi connectivity index (χ3v) is 3.41. The molecule has 0 radical (unpaired) electrons. The summed E-state index contributed by atoms with van der Waals surface area (Å²) in [6, 6.07) is -0.0989. The fourth-order valence-corrected chi connectivity index (χ4v) is 2.21. The highest BCUT2D eigenvalue weighted by molar-refractivity contribution is 5.81. The van der Waals surface area contributed by atoms with Crippen LogP contribution in [0.3, 0.4) is 0 Å². The SMILES string of the molecule is CN(C)C(=O)CCCN1CCNCC1C(=O)N(C)C. The molecule has 1 N–H and O–H groups in total. The minimum atomic E-state index is -0.0989. The summed E-state index contributed by atoms with van der Waals surface area (Å²) < 4.78 is 0. The Morgan fingerprint density at radius 2 is 1.89 bits per heavy atom. The molecule has 19 heavy (non-hydrogen) atoms. The molecule has 2 amide bonds. The highest BCUT2D eigenvalue weighted by Gasteiger charge is 2.29. The molecule has 0 aliphatic carbocycles. The molecule has 0 aromatic carbocycles. The van der Waals surface area contributed by atoms with E-state index in [1.807, 2.05) is 0 Å². The second-order valence-corrected chi connectivity index (χ2v) is 5.38. The van der Waals surface area contributed by atoms with Crippen LogP contribution in [0.4, 0.5) is 0 Å². The van der Waals surface area contributed by atoms with Gasteiger partial charge in [-0.15, -0.1) is 0 Å². The summed E-state index contributed by atoms with van der Waals surface area (Å²) in [4.78, 5) is 29.0. The van der Waals surface area contributed by atoms with E-state index in [9.17, 15) is 9.59 Å². The topological polar surface area (TPSA) is 55.9 Å². The summed E-state index contributed by atoms with van der Waals surface area (Å²) in [5.74, 6) is 0.275. The van der Waals surface area contributed by atoms with E-state index in [2.05, 4.69) is 10.2 Å². The molecule has 1 aliphatic rings. The molecule has 0 aromatic heterocycles. The van der Waals surface area contributed by atoms with Gasteiger partial charge < -0.3 is 15.1 Å². The summed E-state index contributed by atoms with van der Waals surface area (Å²) in [7, 11) is 7.10. The van der Waals surface area contributed by atoms with Crippen molar-refractivity contribution in [3.63, 3.8) is 0 Å². The van der Waals surface area contributed by atoms with Gasteiger partial charge in [0.25, 0.3) is 0 Å². The number of piperazine rings is 1. The van der Waals surface area contributed by atoms with E-state index in [-0.39, 0.29) is 17.9 Å². The Morgan fingerprint density at radius 3 is 2.47 bits per heavy atom. The Hall–Kier alpha value is -1.14. The molecule has 0 spiro atoms. The quantitative estimate of drug-likeness (QED) is 0.712. The number of hydrogen-bond donors (Lipinski definition) is 1. The van der Waals surface area contributed by atoms with Crippen molar-refractivity contribution in [1.82, 2.24) is 20.0 Å². The molecule has 6 nitrogen and oxygen atoms in total. The second kappa shape index (κ2) is 7.45. The fourth-order valence-electron chi connectivity index (χ4n) is 2.21. The Balaban J connectivity index is 2.45. The standard InChI is InChI=1S/C13H26N4O2/c1-15(2)12(18)6-5-8-17-9-7-14-10-11(17)13(19)16(3)4/h11,14H,5-10H2,1-4H3. The average molecular weight is 270 g/mol. The largest absolute Gasteiger partial charge is 0.349 e. The van der Waals surface area contributed by atoms with Crippen LogP contribution in [0.2, 0.25) is 0 Å². The lowest BCUT2D eigenvalue weighted by Crippen LogP contribution is -2.57. The molecule has 6 heteroatoms. The normalized spacial score (nSPS) is 20.1. The van der Waals surface area contributed by atoms with Crippen LogP contribution in [0.25, 0.3) is 0 Å². The Kier molecular flexibility index (Phi) is 6.24. The van der Waals surface area contributed by atoms with E-state index in [1.165, 1.54) is 0 Å². The van der Waals surface area contributed by atoms with Gasteiger partial charge in [0.2, 0.25) is 11.8 Å². The van der Waals surface area contributed by atoms with Gasteiger partial charge in [0.1, 0.15) is 6.04 Å². The van der Waals surface area contributed by atoms with E-state index in [4.69, 9.17) is 0 Å². The van der Waals surface area contributed by atoms with Crippen molar-refractivity contribution in [3.8, 4) is 0 Å². The maximum atomic E-state index is 12.1. The number of carbonyl (C=O) groups excluding carboxylic acids is 2. The van der Waals surface area contributed by atoms with Crippen molar-refractivity contribution in [2.24, 2.45) is 0 Å². The van der Waals surface area contributed by atoms with Gasteiger partial charge in [-0.1, -0.05) is 0 Å². The first kappa shape index (κ1) is 15.9. The molecular weight excluding hydrogens is 244 g/mol. The van der Waals surface area contributed by atoms with Crippen LogP contribution >= 0.6 is 0 Å². The van der Waals surface area contributed by atoms with Gasteiger partial charge in [-0.05, 0) is 13.0 Å². The molecule has 1 atom stereocenters. The zero-order valence-electron chi connectivity index (χ0n) is 12.5. The van der Waals surface area contributed by atoms with Crippen LogP contribution in [-0.4, -0.2) is 86.9 Å². The summed E-state index contributed by atoms with van der Waals surface area (Å²) in [5.41, 5.74) is 0. The zero-order valence-corrected chi connectivity index (χ0v) is 12.5. The fraction of sp³-hybridized carbons (Fsp3) is 0.846. The van der Waals surface area contributed by atoms with Crippen LogP contribution in [0.15, 0.2) is 0 Å². The van der Waals surface area contributed by atoms with Crippen molar-refractivity contribution >= 4 is 11.8 Å². The van der Waals surface area contributed by atoms with Gasteiger partial charge >= 0.3 is 0 Å². The van der Waals surface area contributed by atoms with Crippen LogP contribution in [0.5, 0.6) is 0 Å². The van der Waals surface area contributed by atoms with E-state index < -0.39 is 0 Å². The van der Waals surface area contributed by atoms with E-state index >= 15 is 0 Å². The predicted octanol–water partition coefficient (Wildman–Crippen LogP) is -0.783. The first-order valence-electron chi connectivity index (χ1n) is 6.79. The molecule has 0 saturated carbocycles. The summed E-state index contributed by atoms with van der Waals surface area (Å²) in [6.45, 7) is 3.25. The van der Waals surface area contributed by atoms with Crippen LogP contribution in [0, 0.1) is 0 Å². The minimum Gasteiger partial charge on any atom is -0.349 e. The first-order valence-corrected chi connectivity index (χ1v) is 6.79. The number of likely N-dealkylation sites (N-methyl/N-ethyl adjacent to an activating group) is 1. The van der Waals surface area contributed by atoms with Crippen molar-refractivity contribution in [3.05, 3.63) is 0 Å².